The second kappa shape index (κ2) is 7.58. The molecule has 22 heavy (non-hydrogen) atoms. The number of ketones is 1. The van der Waals surface area contributed by atoms with Gasteiger partial charge in [-0.05, 0) is 36.4 Å². The van der Waals surface area contributed by atoms with Crippen molar-refractivity contribution in [1.82, 2.24) is 15.8 Å². The van der Waals surface area contributed by atoms with Crippen LogP contribution in [0, 0.1) is 0 Å². The lowest BCUT2D eigenvalue weighted by atomic mass is 10.1. The quantitative estimate of drug-likeness (QED) is 0.482. The Morgan fingerprint density at radius 1 is 1.14 bits per heavy atom. The van der Waals surface area contributed by atoms with E-state index in [0.29, 0.717) is 11.3 Å². The van der Waals surface area contributed by atoms with Crippen molar-refractivity contribution in [3.05, 3.63) is 72.2 Å². The summed E-state index contributed by atoms with van der Waals surface area (Å²) in [6.45, 7) is 0. The summed E-state index contributed by atoms with van der Waals surface area (Å²) in [7, 11) is 1.56. The molecule has 2 rings (SSSR count). The van der Waals surface area contributed by atoms with E-state index in [0.717, 1.165) is 0 Å². The number of nitrogens with one attached hydrogen (secondary N) is 2. The van der Waals surface area contributed by atoms with Gasteiger partial charge in [-0.1, -0.05) is 6.07 Å². The topological polar surface area (TPSA) is 80.3 Å². The van der Waals surface area contributed by atoms with Crippen LogP contribution in [0.5, 0.6) is 5.75 Å². The average molecular weight is 297 g/mol. The molecule has 0 bridgehead atoms. The van der Waals surface area contributed by atoms with Crippen LogP contribution in [0.2, 0.25) is 0 Å². The second-order valence-electron chi connectivity index (χ2n) is 4.24. The van der Waals surface area contributed by atoms with Crippen LogP contribution in [0.25, 0.3) is 0 Å². The van der Waals surface area contributed by atoms with Crippen molar-refractivity contribution in [1.29, 1.82) is 0 Å². The van der Waals surface area contributed by atoms with Crippen molar-refractivity contribution in [2.45, 2.75) is 0 Å². The molecule has 0 saturated carbocycles. The standard InChI is InChI=1S/C16H15N3O3/c1-22-13-7-5-12(6-8-13)15(20)9-11-18-19-16(21)14-4-2-3-10-17-14/h2-11,18H,1H3,(H,19,21)/b11-9+. The third-order valence-corrected chi connectivity index (χ3v) is 2.78. The normalized spacial score (nSPS) is 10.2. The van der Waals surface area contributed by atoms with E-state index in [9.17, 15) is 9.59 Å². The van der Waals surface area contributed by atoms with Crippen LogP contribution >= 0.6 is 0 Å². The number of hydrazine groups is 1. The first-order valence-electron chi connectivity index (χ1n) is 6.52. The van der Waals surface area contributed by atoms with Crippen molar-refractivity contribution in [2.24, 2.45) is 0 Å². The molecule has 0 aliphatic carbocycles. The highest BCUT2D eigenvalue weighted by Gasteiger charge is 2.04. The van der Waals surface area contributed by atoms with Gasteiger partial charge in [-0.15, -0.1) is 0 Å². The molecular formula is C16H15N3O3. The van der Waals surface area contributed by atoms with Gasteiger partial charge < -0.3 is 10.2 Å². The molecule has 2 aromatic rings. The van der Waals surface area contributed by atoms with Gasteiger partial charge in [0.1, 0.15) is 11.4 Å². The molecule has 1 heterocycles. The summed E-state index contributed by atoms with van der Waals surface area (Å²) in [4.78, 5) is 27.4. The van der Waals surface area contributed by atoms with Crippen LogP contribution in [-0.2, 0) is 0 Å². The molecule has 0 spiro atoms. The Morgan fingerprint density at radius 2 is 1.91 bits per heavy atom. The number of hydrogen-bond donors (Lipinski definition) is 2. The number of hydrogen-bond acceptors (Lipinski definition) is 5. The number of amides is 1. The van der Waals surface area contributed by atoms with E-state index < -0.39 is 0 Å². The van der Waals surface area contributed by atoms with E-state index in [2.05, 4.69) is 15.8 Å². The number of aromatic nitrogens is 1. The first-order valence-corrected chi connectivity index (χ1v) is 6.52. The largest absolute Gasteiger partial charge is 0.497 e. The van der Waals surface area contributed by atoms with Crippen LogP contribution in [0.4, 0.5) is 0 Å². The third-order valence-electron chi connectivity index (χ3n) is 2.78. The van der Waals surface area contributed by atoms with Crippen LogP contribution < -0.4 is 15.6 Å². The average Bonchev–Trinajstić information content (AvgIpc) is 2.59. The number of benzene rings is 1. The smallest absolute Gasteiger partial charge is 0.288 e. The molecule has 0 aliphatic heterocycles. The molecule has 0 aliphatic rings. The SMILES string of the molecule is COc1ccc(C(=O)/C=C/NNC(=O)c2ccccn2)cc1. The van der Waals surface area contributed by atoms with Crippen molar-refractivity contribution < 1.29 is 14.3 Å². The zero-order chi connectivity index (χ0) is 15.8. The molecule has 1 aromatic carbocycles. The maximum absolute atomic E-state index is 11.9. The lowest BCUT2D eigenvalue weighted by Gasteiger charge is -2.03. The van der Waals surface area contributed by atoms with Crippen LogP contribution in [0.1, 0.15) is 20.8 Å². The number of ether oxygens (including phenoxy) is 1. The summed E-state index contributed by atoms with van der Waals surface area (Å²) in [6.07, 6.45) is 4.20. The summed E-state index contributed by atoms with van der Waals surface area (Å²) in [5.41, 5.74) is 5.76. The Morgan fingerprint density at radius 3 is 2.55 bits per heavy atom. The molecule has 1 amide bonds. The highest BCUT2D eigenvalue weighted by atomic mass is 16.5. The second-order valence-corrected chi connectivity index (χ2v) is 4.24. The van der Waals surface area contributed by atoms with Crippen LogP contribution in [0.15, 0.2) is 60.9 Å². The molecule has 2 N–H and O–H groups in total. The fraction of sp³-hybridized carbons (Fsp3) is 0.0625. The first kappa shape index (κ1) is 15.2. The van der Waals surface area contributed by atoms with Gasteiger partial charge in [0.15, 0.2) is 5.78 Å². The molecule has 6 nitrogen and oxygen atoms in total. The maximum Gasteiger partial charge on any atom is 0.288 e. The Kier molecular flexibility index (Phi) is 5.25. The number of pyridine rings is 1. The van der Waals surface area contributed by atoms with E-state index in [-0.39, 0.29) is 17.4 Å². The predicted molar refractivity (Wildman–Crippen MR) is 81.3 cm³/mol. The van der Waals surface area contributed by atoms with Gasteiger partial charge in [0, 0.05) is 24.0 Å². The highest BCUT2D eigenvalue weighted by Crippen LogP contribution is 2.11. The highest BCUT2D eigenvalue weighted by molar-refractivity contribution is 6.04. The molecule has 6 heteroatoms. The molecule has 0 saturated heterocycles. The number of allylic oxidation sites excluding steroid dienone is 1. The van der Waals surface area contributed by atoms with Crippen molar-refractivity contribution in [3.63, 3.8) is 0 Å². The van der Waals surface area contributed by atoms with Gasteiger partial charge in [-0.3, -0.25) is 20.0 Å². The van der Waals surface area contributed by atoms with Crippen LogP contribution in [0.3, 0.4) is 0 Å². The number of methoxy groups -OCH3 is 1. The predicted octanol–water partition coefficient (Wildman–Crippen LogP) is 1.72. The minimum Gasteiger partial charge on any atom is -0.497 e. The Balaban J connectivity index is 1.84. The Hall–Kier alpha value is -3.15. The van der Waals surface area contributed by atoms with Gasteiger partial charge in [0.25, 0.3) is 5.91 Å². The molecule has 112 valence electrons. The molecule has 0 unspecified atom stereocenters. The number of carbonyl (C=O) groups is 2. The lowest BCUT2D eigenvalue weighted by molar-refractivity contribution is 0.0934. The summed E-state index contributed by atoms with van der Waals surface area (Å²) >= 11 is 0. The number of nitrogens with zero attached hydrogens (tertiary/aromatic N) is 1. The van der Waals surface area contributed by atoms with Crippen molar-refractivity contribution in [3.8, 4) is 5.75 Å². The first-order chi connectivity index (χ1) is 10.7. The number of carbonyl (C=O) groups excluding carboxylic acids is 2. The fourth-order valence-corrected chi connectivity index (χ4v) is 1.64. The summed E-state index contributed by atoms with van der Waals surface area (Å²) in [5.74, 6) is 0.102. The van der Waals surface area contributed by atoms with E-state index in [1.807, 2.05) is 0 Å². The van der Waals surface area contributed by atoms with Gasteiger partial charge in [0.05, 0.1) is 7.11 Å². The minimum atomic E-state index is -0.387. The maximum atomic E-state index is 11.9. The Bertz CT molecular complexity index is 667. The lowest BCUT2D eigenvalue weighted by Crippen LogP contribution is -2.34. The summed E-state index contributed by atoms with van der Waals surface area (Å²) in [5, 5.41) is 0. The van der Waals surface area contributed by atoms with Gasteiger partial charge in [-0.25, -0.2) is 0 Å². The Labute approximate surface area is 127 Å². The molecule has 0 fully saturated rings. The van der Waals surface area contributed by atoms with E-state index in [1.54, 1.807) is 49.6 Å². The zero-order valence-corrected chi connectivity index (χ0v) is 11.9. The van der Waals surface area contributed by atoms with Crippen molar-refractivity contribution >= 4 is 11.7 Å². The minimum absolute atomic E-state index is 0.192. The van der Waals surface area contributed by atoms with Gasteiger partial charge in [0.2, 0.25) is 0 Å². The van der Waals surface area contributed by atoms with E-state index in [4.69, 9.17) is 4.74 Å². The van der Waals surface area contributed by atoms with Crippen molar-refractivity contribution in [2.75, 3.05) is 7.11 Å². The summed E-state index contributed by atoms with van der Waals surface area (Å²) < 4.78 is 5.02. The molecule has 0 radical (unpaired) electrons. The number of rotatable bonds is 6. The van der Waals surface area contributed by atoms with Gasteiger partial charge in [-0.2, -0.15) is 0 Å². The fourth-order valence-electron chi connectivity index (χ4n) is 1.64. The summed E-state index contributed by atoms with van der Waals surface area (Å²) in [6, 6.07) is 11.8. The third kappa shape index (κ3) is 4.17. The molecular weight excluding hydrogens is 282 g/mol. The van der Waals surface area contributed by atoms with E-state index in [1.165, 1.54) is 18.5 Å². The monoisotopic (exact) mass is 297 g/mol. The zero-order valence-electron chi connectivity index (χ0n) is 11.9. The molecule has 1 aromatic heterocycles. The van der Waals surface area contributed by atoms with Crippen LogP contribution in [-0.4, -0.2) is 23.8 Å². The van der Waals surface area contributed by atoms with E-state index >= 15 is 0 Å². The van der Waals surface area contributed by atoms with Gasteiger partial charge >= 0.3 is 0 Å². The molecule has 0 atom stereocenters.